The summed E-state index contributed by atoms with van der Waals surface area (Å²) < 4.78 is 7.83. The minimum atomic E-state index is 0.0505. The minimum absolute atomic E-state index is 0.0505. The van der Waals surface area contributed by atoms with Gasteiger partial charge in [0.05, 0.1) is 23.9 Å². The summed E-state index contributed by atoms with van der Waals surface area (Å²) in [4.78, 5) is 17.8. The topological polar surface area (TPSA) is 75.5 Å². The summed E-state index contributed by atoms with van der Waals surface area (Å²) in [5, 5.41) is 12.0. The predicted molar refractivity (Wildman–Crippen MR) is 106 cm³/mol. The van der Waals surface area contributed by atoms with E-state index in [-0.39, 0.29) is 24.2 Å². The zero-order chi connectivity index (χ0) is 19.7. The Morgan fingerprint density at radius 3 is 2.61 bits per heavy atom. The van der Waals surface area contributed by atoms with Crippen molar-refractivity contribution in [2.45, 2.75) is 70.7 Å². The molecule has 0 saturated carbocycles. The van der Waals surface area contributed by atoms with Gasteiger partial charge in [0.25, 0.3) is 5.91 Å². The number of hydrogen-bond acceptors (Lipinski definition) is 6. The SMILES string of the molecule is Cc1c(C(=O)N2CCC[C@@H]2CN2C[C@@H](C)O[C@H](C)C2)nnn1C1CCNCC1. The summed E-state index contributed by atoms with van der Waals surface area (Å²) >= 11 is 0. The first-order valence-electron chi connectivity index (χ1n) is 10.8. The smallest absolute Gasteiger partial charge is 0.276 e. The number of carbonyl (C=O) groups excluding carboxylic acids is 1. The number of morpholine rings is 1. The van der Waals surface area contributed by atoms with Crippen molar-refractivity contribution >= 4 is 5.91 Å². The Morgan fingerprint density at radius 1 is 1.18 bits per heavy atom. The normalized spacial score (nSPS) is 30.1. The standard InChI is InChI=1S/C20H34N6O2/c1-14-11-24(12-15(2)28-14)13-18-5-4-10-25(18)20(27)19-16(3)26(23-22-19)17-6-8-21-9-7-17/h14-15,17-18,21H,4-13H2,1-3H3/t14-,15-,18-/m1/s1. The number of amides is 1. The highest BCUT2D eigenvalue weighted by atomic mass is 16.5. The Kier molecular flexibility index (Phi) is 5.99. The van der Waals surface area contributed by atoms with Gasteiger partial charge in [0.1, 0.15) is 0 Å². The number of aromatic nitrogens is 3. The summed E-state index contributed by atoms with van der Waals surface area (Å²) in [5.74, 6) is 0.0505. The molecule has 3 aliphatic heterocycles. The molecule has 156 valence electrons. The monoisotopic (exact) mass is 390 g/mol. The summed E-state index contributed by atoms with van der Waals surface area (Å²) in [5.41, 5.74) is 1.45. The maximum Gasteiger partial charge on any atom is 0.276 e. The lowest BCUT2D eigenvalue weighted by Gasteiger charge is -2.38. The maximum atomic E-state index is 13.3. The Bertz CT molecular complexity index is 676. The molecule has 1 amide bonds. The van der Waals surface area contributed by atoms with Crippen molar-refractivity contribution in [1.82, 2.24) is 30.1 Å². The third-order valence-electron chi connectivity index (χ3n) is 6.39. The number of nitrogens with zero attached hydrogens (tertiary/aromatic N) is 5. The third-order valence-corrected chi connectivity index (χ3v) is 6.39. The Balaban J connectivity index is 1.44. The lowest BCUT2D eigenvalue weighted by atomic mass is 10.1. The second kappa shape index (κ2) is 8.47. The van der Waals surface area contributed by atoms with Gasteiger partial charge >= 0.3 is 0 Å². The van der Waals surface area contributed by atoms with Crippen molar-refractivity contribution in [2.75, 3.05) is 39.3 Å². The van der Waals surface area contributed by atoms with Gasteiger partial charge in [-0.25, -0.2) is 4.68 Å². The molecule has 0 unspecified atom stereocenters. The molecule has 4 heterocycles. The third kappa shape index (κ3) is 4.09. The number of rotatable bonds is 4. The molecule has 3 aliphatic rings. The van der Waals surface area contributed by atoms with Crippen LogP contribution in [0.25, 0.3) is 0 Å². The highest BCUT2D eigenvalue weighted by molar-refractivity contribution is 5.93. The van der Waals surface area contributed by atoms with Crippen LogP contribution in [0.1, 0.15) is 61.8 Å². The van der Waals surface area contributed by atoms with E-state index < -0.39 is 0 Å². The highest BCUT2D eigenvalue weighted by Gasteiger charge is 2.35. The van der Waals surface area contributed by atoms with E-state index in [4.69, 9.17) is 4.74 Å². The van der Waals surface area contributed by atoms with Crippen LogP contribution in [-0.2, 0) is 4.74 Å². The molecule has 1 aromatic heterocycles. The molecule has 4 rings (SSSR count). The van der Waals surface area contributed by atoms with Crippen LogP contribution in [0.4, 0.5) is 0 Å². The number of nitrogens with one attached hydrogen (secondary N) is 1. The van der Waals surface area contributed by atoms with Gasteiger partial charge in [0.2, 0.25) is 0 Å². The fourth-order valence-electron chi connectivity index (χ4n) is 5.10. The molecular weight excluding hydrogens is 356 g/mol. The van der Waals surface area contributed by atoms with E-state index in [2.05, 4.69) is 34.4 Å². The second-order valence-corrected chi connectivity index (χ2v) is 8.72. The Hall–Kier alpha value is -1.51. The lowest BCUT2D eigenvalue weighted by Crippen LogP contribution is -2.51. The first-order valence-corrected chi connectivity index (χ1v) is 10.8. The Morgan fingerprint density at radius 2 is 1.89 bits per heavy atom. The van der Waals surface area contributed by atoms with E-state index >= 15 is 0 Å². The van der Waals surface area contributed by atoms with E-state index in [0.717, 1.165) is 70.6 Å². The summed E-state index contributed by atoms with van der Waals surface area (Å²) in [6.45, 7) is 11.9. The van der Waals surface area contributed by atoms with E-state index in [1.54, 1.807) is 0 Å². The average molecular weight is 391 g/mol. The molecule has 0 spiro atoms. The number of likely N-dealkylation sites (tertiary alicyclic amines) is 1. The van der Waals surface area contributed by atoms with Gasteiger partial charge in [-0.05, 0) is 59.5 Å². The van der Waals surface area contributed by atoms with Crippen LogP contribution < -0.4 is 5.32 Å². The lowest BCUT2D eigenvalue weighted by molar-refractivity contribution is -0.0715. The van der Waals surface area contributed by atoms with Crippen molar-refractivity contribution in [2.24, 2.45) is 0 Å². The minimum Gasteiger partial charge on any atom is -0.373 e. The maximum absolute atomic E-state index is 13.3. The van der Waals surface area contributed by atoms with Gasteiger partial charge in [-0.3, -0.25) is 9.69 Å². The highest BCUT2D eigenvalue weighted by Crippen LogP contribution is 2.25. The van der Waals surface area contributed by atoms with E-state index in [1.807, 2.05) is 16.5 Å². The molecule has 8 heteroatoms. The van der Waals surface area contributed by atoms with Gasteiger partial charge in [0.15, 0.2) is 5.69 Å². The van der Waals surface area contributed by atoms with Crippen LogP contribution in [0.5, 0.6) is 0 Å². The van der Waals surface area contributed by atoms with Crippen molar-refractivity contribution in [3.05, 3.63) is 11.4 Å². The van der Waals surface area contributed by atoms with Gasteiger partial charge in [-0.15, -0.1) is 5.10 Å². The van der Waals surface area contributed by atoms with Crippen LogP contribution in [0.2, 0.25) is 0 Å². The van der Waals surface area contributed by atoms with Gasteiger partial charge in [-0.2, -0.15) is 0 Å². The molecule has 1 N–H and O–H groups in total. The van der Waals surface area contributed by atoms with Crippen LogP contribution in [-0.4, -0.2) is 88.2 Å². The first kappa shape index (κ1) is 19.8. The zero-order valence-corrected chi connectivity index (χ0v) is 17.4. The molecule has 8 nitrogen and oxygen atoms in total. The number of ether oxygens (including phenoxy) is 1. The van der Waals surface area contributed by atoms with Crippen molar-refractivity contribution in [1.29, 1.82) is 0 Å². The quantitative estimate of drug-likeness (QED) is 0.833. The van der Waals surface area contributed by atoms with E-state index in [1.165, 1.54) is 0 Å². The van der Waals surface area contributed by atoms with Crippen LogP contribution in [0.3, 0.4) is 0 Å². The number of piperidine rings is 1. The average Bonchev–Trinajstić information content (AvgIpc) is 3.28. The first-order chi connectivity index (χ1) is 13.5. The van der Waals surface area contributed by atoms with Crippen molar-refractivity contribution < 1.29 is 9.53 Å². The van der Waals surface area contributed by atoms with Gasteiger partial charge in [-0.1, -0.05) is 5.21 Å². The summed E-state index contributed by atoms with van der Waals surface area (Å²) in [7, 11) is 0. The van der Waals surface area contributed by atoms with E-state index in [9.17, 15) is 4.79 Å². The molecular formula is C20H34N6O2. The fourth-order valence-corrected chi connectivity index (χ4v) is 5.10. The van der Waals surface area contributed by atoms with E-state index in [0.29, 0.717) is 11.7 Å². The molecule has 1 aromatic rings. The second-order valence-electron chi connectivity index (χ2n) is 8.72. The predicted octanol–water partition coefficient (Wildman–Crippen LogP) is 1.22. The van der Waals surface area contributed by atoms with Crippen molar-refractivity contribution in [3.63, 3.8) is 0 Å². The molecule has 0 bridgehead atoms. The molecule has 28 heavy (non-hydrogen) atoms. The number of carbonyl (C=O) groups is 1. The largest absolute Gasteiger partial charge is 0.373 e. The number of hydrogen-bond donors (Lipinski definition) is 1. The molecule has 3 saturated heterocycles. The fraction of sp³-hybridized carbons (Fsp3) is 0.850. The molecule has 0 aromatic carbocycles. The zero-order valence-electron chi connectivity index (χ0n) is 17.4. The van der Waals surface area contributed by atoms with Gasteiger partial charge < -0.3 is 15.0 Å². The molecule has 3 fully saturated rings. The summed E-state index contributed by atoms with van der Waals surface area (Å²) in [6.07, 6.45) is 4.71. The molecule has 0 aliphatic carbocycles. The van der Waals surface area contributed by atoms with Crippen LogP contribution >= 0.6 is 0 Å². The van der Waals surface area contributed by atoms with Crippen LogP contribution in [0, 0.1) is 6.92 Å². The Labute approximate surface area is 167 Å². The summed E-state index contributed by atoms with van der Waals surface area (Å²) in [6, 6.07) is 0.606. The van der Waals surface area contributed by atoms with Crippen molar-refractivity contribution in [3.8, 4) is 0 Å². The molecule has 3 atom stereocenters. The van der Waals surface area contributed by atoms with Crippen LogP contribution in [0.15, 0.2) is 0 Å². The molecule has 0 radical (unpaired) electrons. The van der Waals surface area contributed by atoms with Gasteiger partial charge in [0, 0.05) is 32.2 Å².